The summed E-state index contributed by atoms with van der Waals surface area (Å²) >= 11 is 3.30. The van der Waals surface area contributed by atoms with Gasteiger partial charge in [-0.05, 0) is 46.6 Å². The standard InChI is InChI=1S/C14H14BrFN2O/c1-2-12(17)13-6-4-10(8-18-13)19-14-7-9(16)3-5-11(14)15/h3-8,12H,2,17H2,1H3/t12-/m0/s1. The van der Waals surface area contributed by atoms with Gasteiger partial charge in [-0.3, -0.25) is 4.98 Å². The lowest BCUT2D eigenvalue weighted by Crippen LogP contribution is -2.10. The van der Waals surface area contributed by atoms with Crippen LogP contribution in [-0.4, -0.2) is 4.98 Å². The van der Waals surface area contributed by atoms with Gasteiger partial charge in [0.25, 0.3) is 0 Å². The summed E-state index contributed by atoms with van der Waals surface area (Å²) in [5, 5.41) is 0. The van der Waals surface area contributed by atoms with Gasteiger partial charge in [-0.15, -0.1) is 0 Å². The number of benzene rings is 1. The van der Waals surface area contributed by atoms with E-state index >= 15 is 0 Å². The summed E-state index contributed by atoms with van der Waals surface area (Å²) in [4.78, 5) is 4.24. The Kier molecular flexibility index (Phi) is 4.50. The zero-order chi connectivity index (χ0) is 13.8. The van der Waals surface area contributed by atoms with Gasteiger partial charge in [0.1, 0.15) is 17.3 Å². The molecule has 19 heavy (non-hydrogen) atoms. The van der Waals surface area contributed by atoms with Crippen LogP contribution in [0.15, 0.2) is 41.0 Å². The van der Waals surface area contributed by atoms with Crippen LogP contribution in [0.5, 0.6) is 11.5 Å². The summed E-state index contributed by atoms with van der Waals surface area (Å²) in [6.45, 7) is 2.00. The number of aromatic nitrogens is 1. The van der Waals surface area contributed by atoms with Gasteiger partial charge < -0.3 is 10.5 Å². The molecule has 1 atom stereocenters. The first-order chi connectivity index (χ1) is 9.10. The van der Waals surface area contributed by atoms with Gasteiger partial charge in [-0.25, -0.2) is 4.39 Å². The fraction of sp³-hybridized carbons (Fsp3) is 0.214. The van der Waals surface area contributed by atoms with E-state index in [9.17, 15) is 4.39 Å². The van der Waals surface area contributed by atoms with E-state index in [0.717, 1.165) is 12.1 Å². The van der Waals surface area contributed by atoms with Crippen molar-refractivity contribution in [3.63, 3.8) is 0 Å². The van der Waals surface area contributed by atoms with Crippen LogP contribution in [0.1, 0.15) is 25.1 Å². The number of halogens is 2. The highest BCUT2D eigenvalue weighted by molar-refractivity contribution is 9.10. The van der Waals surface area contributed by atoms with Crippen molar-refractivity contribution in [3.05, 3.63) is 52.5 Å². The third kappa shape index (κ3) is 3.52. The summed E-state index contributed by atoms with van der Waals surface area (Å²) < 4.78 is 19.4. The molecule has 2 aromatic rings. The van der Waals surface area contributed by atoms with Crippen LogP contribution >= 0.6 is 15.9 Å². The molecule has 0 bridgehead atoms. The van der Waals surface area contributed by atoms with Crippen molar-refractivity contribution in [2.24, 2.45) is 5.73 Å². The molecule has 0 aliphatic heterocycles. The number of nitrogens with two attached hydrogens (primary N) is 1. The minimum Gasteiger partial charge on any atom is -0.454 e. The Balaban J connectivity index is 2.17. The third-order valence-corrected chi connectivity index (χ3v) is 3.36. The van der Waals surface area contributed by atoms with E-state index < -0.39 is 0 Å². The van der Waals surface area contributed by atoms with Crippen molar-refractivity contribution < 1.29 is 9.13 Å². The molecule has 100 valence electrons. The van der Waals surface area contributed by atoms with Crippen LogP contribution < -0.4 is 10.5 Å². The molecular weight excluding hydrogens is 311 g/mol. The molecule has 0 aliphatic rings. The lowest BCUT2D eigenvalue weighted by Gasteiger charge is -2.10. The Bertz CT molecular complexity index is 560. The zero-order valence-corrected chi connectivity index (χ0v) is 12.0. The molecule has 0 spiro atoms. The van der Waals surface area contributed by atoms with Crippen LogP contribution in [0.25, 0.3) is 0 Å². The molecule has 2 N–H and O–H groups in total. The number of ether oxygens (including phenoxy) is 1. The van der Waals surface area contributed by atoms with Crippen molar-refractivity contribution in [2.75, 3.05) is 0 Å². The fourth-order valence-electron chi connectivity index (χ4n) is 1.56. The van der Waals surface area contributed by atoms with E-state index in [-0.39, 0.29) is 11.9 Å². The van der Waals surface area contributed by atoms with E-state index in [1.54, 1.807) is 18.3 Å². The summed E-state index contributed by atoms with van der Waals surface area (Å²) in [6.07, 6.45) is 2.41. The Labute approximate surface area is 119 Å². The maximum absolute atomic E-state index is 13.1. The molecule has 0 fully saturated rings. The van der Waals surface area contributed by atoms with Crippen LogP contribution in [0, 0.1) is 5.82 Å². The Hall–Kier alpha value is -1.46. The van der Waals surface area contributed by atoms with Crippen LogP contribution in [0.2, 0.25) is 0 Å². The average Bonchev–Trinajstić information content (AvgIpc) is 2.43. The lowest BCUT2D eigenvalue weighted by atomic mass is 10.1. The molecule has 0 aliphatic carbocycles. The molecule has 0 unspecified atom stereocenters. The van der Waals surface area contributed by atoms with Crippen molar-refractivity contribution in [1.82, 2.24) is 4.98 Å². The first-order valence-electron chi connectivity index (χ1n) is 5.94. The summed E-state index contributed by atoms with van der Waals surface area (Å²) in [5.41, 5.74) is 6.69. The molecule has 5 heteroatoms. The monoisotopic (exact) mass is 324 g/mol. The normalized spacial score (nSPS) is 12.2. The van der Waals surface area contributed by atoms with Gasteiger partial charge in [-0.2, -0.15) is 0 Å². The largest absolute Gasteiger partial charge is 0.454 e. The summed E-state index contributed by atoms with van der Waals surface area (Å²) in [6, 6.07) is 7.79. The zero-order valence-electron chi connectivity index (χ0n) is 10.4. The van der Waals surface area contributed by atoms with Gasteiger partial charge in [0.05, 0.1) is 16.4 Å². The predicted octanol–water partition coefficient (Wildman–Crippen LogP) is 4.19. The quantitative estimate of drug-likeness (QED) is 0.917. The van der Waals surface area contributed by atoms with E-state index in [1.807, 2.05) is 13.0 Å². The van der Waals surface area contributed by atoms with E-state index in [2.05, 4.69) is 20.9 Å². The van der Waals surface area contributed by atoms with Crippen molar-refractivity contribution in [2.45, 2.75) is 19.4 Å². The molecule has 0 radical (unpaired) electrons. The average molecular weight is 325 g/mol. The second kappa shape index (κ2) is 6.12. The summed E-state index contributed by atoms with van der Waals surface area (Å²) in [7, 11) is 0. The van der Waals surface area contributed by atoms with Gasteiger partial charge in [-0.1, -0.05) is 6.92 Å². The first-order valence-corrected chi connectivity index (χ1v) is 6.74. The van der Waals surface area contributed by atoms with E-state index in [0.29, 0.717) is 16.0 Å². The molecular formula is C14H14BrFN2O. The molecule has 0 saturated heterocycles. The fourth-order valence-corrected chi connectivity index (χ4v) is 1.89. The van der Waals surface area contributed by atoms with Crippen LogP contribution in [0.4, 0.5) is 4.39 Å². The Morgan fingerprint density at radius 2 is 2.16 bits per heavy atom. The molecule has 1 aromatic carbocycles. The van der Waals surface area contributed by atoms with Gasteiger partial charge in [0, 0.05) is 12.1 Å². The van der Waals surface area contributed by atoms with Crippen LogP contribution in [-0.2, 0) is 0 Å². The van der Waals surface area contributed by atoms with Gasteiger partial charge >= 0.3 is 0 Å². The second-order valence-corrected chi connectivity index (χ2v) is 4.96. The number of hydrogen-bond acceptors (Lipinski definition) is 3. The van der Waals surface area contributed by atoms with Crippen molar-refractivity contribution in [3.8, 4) is 11.5 Å². The SMILES string of the molecule is CC[C@H](N)c1ccc(Oc2cc(F)ccc2Br)cn1. The van der Waals surface area contributed by atoms with Gasteiger partial charge in [0.15, 0.2) is 0 Å². The molecule has 2 rings (SSSR count). The van der Waals surface area contributed by atoms with Crippen LogP contribution in [0.3, 0.4) is 0 Å². The molecule has 1 heterocycles. The topological polar surface area (TPSA) is 48.1 Å². The maximum atomic E-state index is 13.1. The van der Waals surface area contributed by atoms with Crippen molar-refractivity contribution in [1.29, 1.82) is 0 Å². The highest BCUT2D eigenvalue weighted by Crippen LogP contribution is 2.30. The third-order valence-electron chi connectivity index (χ3n) is 2.70. The highest BCUT2D eigenvalue weighted by atomic mass is 79.9. The number of pyridine rings is 1. The lowest BCUT2D eigenvalue weighted by molar-refractivity contribution is 0.470. The Morgan fingerprint density at radius 1 is 1.37 bits per heavy atom. The minimum atomic E-state index is -0.351. The molecule has 1 aromatic heterocycles. The second-order valence-electron chi connectivity index (χ2n) is 4.11. The van der Waals surface area contributed by atoms with E-state index in [1.165, 1.54) is 12.1 Å². The number of rotatable bonds is 4. The number of nitrogens with zero attached hydrogens (tertiary/aromatic N) is 1. The number of hydrogen-bond donors (Lipinski definition) is 1. The predicted molar refractivity (Wildman–Crippen MR) is 75.6 cm³/mol. The van der Waals surface area contributed by atoms with Crippen molar-refractivity contribution >= 4 is 15.9 Å². The highest BCUT2D eigenvalue weighted by Gasteiger charge is 2.07. The van der Waals surface area contributed by atoms with Gasteiger partial charge in [0.2, 0.25) is 0 Å². The van der Waals surface area contributed by atoms with E-state index in [4.69, 9.17) is 10.5 Å². The summed E-state index contributed by atoms with van der Waals surface area (Å²) in [5.74, 6) is 0.600. The smallest absolute Gasteiger partial charge is 0.145 e. The Morgan fingerprint density at radius 3 is 2.79 bits per heavy atom. The molecule has 0 amide bonds. The molecule has 0 saturated carbocycles. The minimum absolute atomic E-state index is 0.0741. The maximum Gasteiger partial charge on any atom is 0.145 e. The molecule has 3 nitrogen and oxygen atoms in total. The first kappa shape index (κ1) is 14.0.